The molecule has 0 aliphatic carbocycles. The van der Waals surface area contributed by atoms with E-state index >= 15 is 0 Å². The molecule has 0 saturated carbocycles. The smallest absolute Gasteiger partial charge is 0.241 e. The number of amides is 2. The van der Waals surface area contributed by atoms with Gasteiger partial charge in [-0.1, -0.05) is 45.4 Å². The number of piperidine rings is 1. The number of hydrogen-bond donors (Lipinski definition) is 2. The minimum atomic E-state index is -3.80. The van der Waals surface area contributed by atoms with E-state index in [-0.39, 0.29) is 34.6 Å². The van der Waals surface area contributed by atoms with Crippen LogP contribution in [0.25, 0.3) is 0 Å². The van der Waals surface area contributed by atoms with E-state index in [0.717, 1.165) is 5.56 Å². The van der Waals surface area contributed by atoms with Crippen LogP contribution in [0, 0.1) is 18.8 Å². The van der Waals surface area contributed by atoms with Crippen molar-refractivity contribution in [2.75, 3.05) is 13.1 Å². The molecule has 1 heterocycles. The summed E-state index contributed by atoms with van der Waals surface area (Å²) in [5.74, 6) is -0.453. The van der Waals surface area contributed by atoms with Gasteiger partial charge >= 0.3 is 0 Å². The molecule has 1 atom stereocenters. The van der Waals surface area contributed by atoms with Crippen LogP contribution in [-0.2, 0) is 19.6 Å². The monoisotopic (exact) mass is 423 g/mol. The van der Waals surface area contributed by atoms with Crippen molar-refractivity contribution in [3.05, 3.63) is 29.8 Å². The van der Waals surface area contributed by atoms with Gasteiger partial charge in [0.1, 0.15) is 6.04 Å². The number of likely N-dealkylation sites (tertiary alicyclic amines) is 1. The van der Waals surface area contributed by atoms with Crippen LogP contribution in [0.4, 0.5) is 0 Å². The molecule has 2 amide bonds. The van der Waals surface area contributed by atoms with Gasteiger partial charge in [-0.05, 0) is 37.8 Å². The van der Waals surface area contributed by atoms with Crippen molar-refractivity contribution in [3.63, 3.8) is 0 Å². The molecule has 2 N–H and O–H groups in total. The molecule has 1 aromatic rings. The normalized spacial score (nSPS) is 16.9. The van der Waals surface area contributed by atoms with Gasteiger partial charge in [-0.3, -0.25) is 9.59 Å². The van der Waals surface area contributed by atoms with Crippen LogP contribution in [-0.4, -0.2) is 50.3 Å². The summed E-state index contributed by atoms with van der Waals surface area (Å²) in [7, 11) is -3.80. The van der Waals surface area contributed by atoms with Gasteiger partial charge in [-0.2, -0.15) is 4.72 Å². The van der Waals surface area contributed by atoms with Gasteiger partial charge in [0.25, 0.3) is 0 Å². The number of hydrogen-bond acceptors (Lipinski definition) is 4. The highest BCUT2D eigenvalue weighted by Gasteiger charge is 2.31. The summed E-state index contributed by atoms with van der Waals surface area (Å²) in [6, 6.07) is 5.60. The van der Waals surface area contributed by atoms with Gasteiger partial charge < -0.3 is 10.2 Å². The van der Waals surface area contributed by atoms with Gasteiger partial charge in [0.15, 0.2) is 0 Å². The zero-order chi connectivity index (χ0) is 21.8. The number of benzene rings is 1. The maximum absolute atomic E-state index is 12.8. The Balaban J connectivity index is 2.00. The van der Waals surface area contributed by atoms with Gasteiger partial charge in [0, 0.05) is 25.0 Å². The van der Waals surface area contributed by atoms with Crippen LogP contribution in [0.1, 0.15) is 46.1 Å². The average molecular weight is 424 g/mol. The van der Waals surface area contributed by atoms with Gasteiger partial charge in [-0.15, -0.1) is 0 Å². The van der Waals surface area contributed by atoms with Crippen molar-refractivity contribution in [2.24, 2.45) is 11.8 Å². The molecule has 1 fully saturated rings. The summed E-state index contributed by atoms with van der Waals surface area (Å²) in [6.07, 6.45) is 1.33. The molecule has 0 aromatic heterocycles. The highest BCUT2D eigenvalue weighted by atomic mass is 32.2. The molecule has 7 nitrogen and oxygen atoms in total. The molecule has 162 valence electrons. The second-order valence-electron chi connectivity index (χ2n) is 8.42. The van der Waals surface area contributed by atoms with E-state index in [0.29, 0.717) is 25.9 Å². The summed E-state index contributed by atoms with van der Waals surface area (Å²) < 4.78 is 28.0. The molecule has 1 saturated heterocycles. The molecular formula is C21H33N3O4S. The lowest BCUT2D eigenvalue weighted by Gasteiger charge is -2.34. The third-order valence-corrected chi connectivity index (χ3v) is 6.67. The highest BCUT2D eigenvalue weighted by molar-refractivity contribution is 7.89. The first-order chi connectivity index (χ1) is 13.5. The van der Waals surface area contributed by atoms with E-state index < -0.39 is 16.1 Å². The van der Waals surface area contributed by atoms with Crippen LogP contribution in [0.3, 0.4) is 0 Å². The first-order valence-electron chi connectivity index (χ1n) is 10.2. The number of carbonyl (C=O) groups excluding carboxylic acids is 2. The Labute approximate surface area is 174 Å². The Morgan fingerprint density at radius 1 is 1.03 bits per heavy atom. The number of carbonyl (C=O) groups is 2. The third-order valence-electron chi connectivity index (χ3n) is 5.21. The predicted octanol–water partition coefficient (Wildman–Crippen LogP) is 2.06. The molecule has 0 spiro atoms. The minimum absolute atomic E-state index is 0.0392. The molecule has 0 bridgehead atoms. The average Bonchev–Trinajstić information content (AvgIpc) is 2.66. The molecule has 1 aliphatic rings. The lowest BCUT2D eigenvalue weighted by molar-refractivity contribution is -0.135. The summed E-state index contributed by atoms with van der Waals surface area (Å²) in [4.78, 5) is 26.9. The van der Waals surface area contributed by atoms with E-state index in [1.165, 1.54) is 12.1 Å². The quantitative estimate of drug-likeness (QED) is 0.702. The Kier molecular flexibility index (Phi) is 7.82. The fourth-order valence-electron chi connectivity index (χ4n) is 3.35. The summed E-state index contributed by atoms with van der Waals surface area (Å²) in [5.41, 5.74) is 0.962. The molecule has 1 aromatic carbocycles. The van der Waals surface area contributed by atoms with Crippen LogP contribution >= 0.6 is 0 Å². The maximum Gasteiger partial charge on any atom is 0.241 e. The topological polar surface area (TPSA) is 95.6 Å². The molecule has 2 rings (SSSR count). The van der Waals surface area contributed by atoms with E-state index in [2.05, 4.69) is 10.0 Å². The number of nitrogens with zero attached hydrogens (tertiary/aromatic N) is 1. The Bertz CT molecular complexity index is 811. The van der Waals surface area contributed by atoms with Crippen LogP contribution in [0.5, 0.6) is 0 Å². The van der Waals surface area contributed by atoms with Crippen molar-refractivity contribution < 1.29 is 18.0 Å². The molecular weight excluding hydrogens is 390 g/mol. The zero-order valence-electron chi connectivity index (χ0n) is 17.9. The van der Waals surface area contributed by atoms with E-state index in [4.69, 9.17) is 0 Å². The fraction of sp³-hybridized carbons (Fsp3) is 0.619. The lowest BCUT2D eigenvalue weighted by atomic mass is 10.0. The second kappa shape index (κ2) is 9.71. The molecule has 0 radical (unpaired) electrons. The van der Waals surface area contributed by atoms with E-state index in [9.17, 15) is 18.0 Å². The van der Waals surface area contributed by atoms with Gasteiger partial charge in [0.2, 0.25) is 21.8 Å². The first-order valence-corrected chi connectivity index (χ1v) is 11.7. The van der Waals surface area contributed by atoms with Crippen molar-refractivity contribution in [2.45, 2.75) is 64.4 Å². The Morgan fingerprint density at radius 3 is 2.07 bits per heavy atom. The standard InChI is InChI=1S/C21H33N3O4S/c1-14(2)19(23-29(27,28)18-8-6-16(5)7-9-18)20(25)22-17-10-12-24(13-11-17)21(26)15(3)4/h6-9,14-15,17,19,23H,10-13H2,1-5H3,(H,22,25). The van der Waals surface area contributed by atoms with Crippen LogP contribution in [0.15, 0.2) is 29.2 Å². The highest BCUT2D eigenvalue weighted by Crippen LogP contribution is 2.16. The first kappa shape index (κ1) is 23.3. The third kappa shape index (κ3) is 6.27. The van der Waals surface area contributed by atoms with Crippen molar-refractivity contribution in [1.29, 1.82) is 0 Å². The SMILES string of the molecule is Cc1ccc(S(=O)(=O)NC(C(=O)NC2CCN(C(=O)C(C)C)CC2)C(C)C)cc1. The zero-order valence-corrected chi connectivity index (χ0v) is 18.8. The molecule has 1 aliphatic heterocycles. The fourth-order valence-corrected chi connectivity index (χ4v) is 4.69. The minimum Gasteiger partial charge on any atom is -0.352 e. The van der Waals surface area contributed by atoms with Crippen LogP contribution in [0.2, 0.25) is 0 Å². The lowest BCUT2D eigenvalue weighted by Crippen LogP contribution is -2.54. The second-order valence-corrected chi connectivity index (χ2v) is 10.1. The van der Waals surface area contributed by atoms with Crippen LogP contribution < -0.4 is 10.0 Å². The summed E-state index contributed by atoms with van der Waals surface area (Å²) in [5, 5.41) is 2.97. The van der Waals surface area contributed by atoms with Crippen molar-refractivity contribution in [1.82, 2.24) is 14.9 Å². The molecule has 1 unspecified atom stereocenters. The van der Waals surface area contributed by atoms with Crippen molar-refractivity contribution >= 4 is 21.8 Å². The predicted molar refractivity (Wildman–Crippen MR) is 113 cm³/mol. The molecule has 8 heteroatoms. The summed E-state index contributed by atoms with van der Waals surface area (Å²) in [6.45, 7) is 10.5. The summed E-state index contributed by atoms with van der Waals surface area (Å²) >= 11 is 0. The number of rotatable bonds is 7. The Hall–Kier alpha value is -1.93. The molecule has 29 heavy (non-hydrogen) atoms. The van der Waals surface area contributed by atoms with E-state index in [1.807, 2.05) is 39.5 Å². The maximum atomic E-state index is 12.8. The largest absolute Gasteiger partial charge is 0.352 e. The Morgan fingerprint density at radius 2 is 1.59 bits per heavy atom. The van der Waals surface area contributed by atoms with Crippen molar-refractivity contribution in [3.8, 4) is 0 Å². The van der Waals surface area contributed by atoms with Gasteiger partial charge in [0.05, 0.1) is 4.90 Å². The number of sulfonamides is 1. The van der Waals surface area contributed by atoms with E-state index in [1.54, 1.807) is 12.1 Å². The van der Waals surface area contributed by atoms with Gasteiger partial charge in [-0.25, -0.2) is 8.42 Å². The number of nitrogens with one attached hydrogen (secondary N) is 2. The number of aryl methyl sites for hydroxylation is 1.